The van der Waals surface area contributed by atoms with Crippen molar-refractivity contribution in [3.63, 3.8) is 0 Å². The molecule has 0 radical (unpaired) electrons. The van der Waals surface area contributed by atoms with Crippen molar-refractivity contribution in [2.24, 2.45) is 0 Å². The lowest BCUT2D eigenvalue weighted by molar-refractivity contribution is -0.197. The van der Waals surface area contributed by atoms with Gasteiger partial charge >= 0.3 is 5.97 Å². The van der Waals surface area contributed by atoms with E-state index in [0.717, 1.165) is 22.3 Å². The second kappa shape index (κ2) is 16.5. The molecular weight excluding hydrogens is 662 g/mol. The third kappa shape index (κ3) is 8.70. The van der Waals surface area contributed by atoms with Gasteiger partial charge in [-0.3, -0.25) is 24.0 Å². The highest BCUT2D eigenvalue weighted by Gasteiger charge is 2.33. The van der Waals surface area contributed by atoms with E-state index >= 15 is 0 Å². The fourth-order valence-electron chi connectivity index (χ4n) is 6.18. The van der Waals surface area contributed by atoms with Gasteiger partial charge in [0, 0.05) is 65.1 Å². The molecule has 2 aliphatic heterocycles. The Morgan fingerprint density at radius 3 is 2.34 bits per heavy atom. The van der Waals surface area contributed by atoms with Gasteiger partial charge in [0.15, 0.2) is 0 Å². The number of ether oxygens (including phenoxy) is 1. The van der Waals surface area contributed by atoms with Gasteiger partial charge in [0.2, 0.25) is 5.91 Å². The molecule has 0 bridgehead atoms. The Morgan fingerprint density at radius 1 is 1.00 bits per heavy atom. The maximum Gasteiger partial charge on any atom is 0.334 e. The van der Waals surface area contributed by atoms with Gasteiger partial charge in [0.1, 0.15) is 23.5 Å². The Bertz CT molecular complexity index is 1770. The van der Waals surface area contributed by atoms with Crippen molar-refractivity contribution < 1.29 is 43.4 Å². The van der Waals surface area contributed by atoms with Crippen LogP contribution in [-0.2, 0) is 28.8 Å². The van der Waals surface area contributed by atoms with Gasteiger partial charge in [-0.1, -0.05) is 18.2 Å². The van der Waals surface area contributed by atoms with Gasteiger partial charge in [-0.2, -0.15) is 11.8 Å². The number of carbonyl (C=O) groups excluding carboxylic acids is 6. The van der Waals surface area contributed by atoms with E-state index < -0.39 is 17.8 Å². The molecule has 13 heteroatoms. The van der Waals surface area contributed by atoms with Crippen molar-refractivity contribution in [3.8, 4) is 11.5 Å². The fourth-order valence-corrected chi connectivity index (χ4v) is 6.91. The molecule has 2 aromatic rings. The Hall–Kier alpha value is -5.17. The summed E-state index contributed by atoms with van der Waals surface area (Å²) in [6, 6.07) is 10.3. The summed E-state index contributed by atoms with van der Waals surface area (Å²) in [7, 11) is 0. The van der Waals surface area contributed by atoms with Crippen molar-refractivity contribution in [1.82, 2.24) is 15.7 Å². The quantitative estimate of drug-likeness (QED) is 0.125. The second-order valence-electron chi connectivity index (χ2n) is 12.2. The van der Waals surface area contributed by atoms with Gasteiger partial charge in [-0.25, -0.2) is 4.79 Å². The molecule has 5 rings (SSSR count). The number of thioether (sulfide) groups is 1. The molecule has 2 heterocycles. The maximum atomic E-state index is 13.3. The van der Waals surface area contributed by atoms with Crippen LogP contribution in [-0.4, -0.2) is 69.6 Å². The molecule has 1 saturated carbocycles. The number of benzene rings is 2. The number of aryl methyl sites for hydroxylation is 1. The number of allylic oxidation sites excluding steroid dienone is 3. The number of aromatic hydroxyl groups is 1. The lowest BCUT2D eigenvalue weighted by atomic mass is 9.86. The minimum atomic E-state index is -0.696. The Morgan fingerprint density at radius 2 is 1.68 bits per heavy atom. The highest BCUT2D eigenvalue weighted by molar-refractivity contribution is 7.99. The van der Waals surface area contributed by atoms with E-state index in [0.29, 0.717) is 65.4 Å². The van der Waals surface area contributed by atoms with Crippen molar-refractivity contribution in [2.45, 2.75) is 70.9 Å². The van der Waals surface area contributed by atoms with Crippen LogP contribution in [0, 0.1) is 6.92 Å². The van der Waals surface area contributed by atoms with Crippen molar-refractivity contribution in [1.29, 1.82) is 0 Å². The fraction of sp³-hybridized carbons (Fsp3) is 0.351. The molecular formula is C37H39N3O9S. The third-order valence-corrected chi connectivity index (χ3v) is 9.57. The molecule has 2 fully saturated rings. The molecule has 2 aromatic carbocycles. The first-order chi connectivity index (χ1) is 24.1. The highest BCUT2D eigenvalue weighted by Crippen LogP contribution is 2.44. The zero-order valence-electron chi connectivity index (χ0n) is 27.9. The summed E-state index contributed by atoms with van der Waals surface area (Å²) in [5.41, 5.74) is 4.48. The first kappa shape index (κ1) is 36.1. The van der Waals surface area contributed by atoms with E-state index in [1.807, 2.05) is 38.1 Å². The molecule has 0 unspecified atom stereocenters. The number of rotatable bonds is 12. The Balaban J connectivity index is 1.12. The summed E-state index contributed by atoms with van der Waals surface area (Å²) in [6.07, 6.45) is 8.57. The van der Waals surface area contributed by atoms with Crippen molar-refractivity contribution in [2.75, 3.05) is 11.5 Å². The number of fused-ring (bicyclic) bond motifs is 1. The van der Waals surface area contributed by atoms with Crippen LogP contribution in [0.5, 0.6) is 11.5 Å². The van der Waals surface area contributed by atoms with Crippen LogP contribution in [0.25, 0.3) is 5.57 Å². The zero-order valence-corrected chi connectivity index (χ0v) is 28.7. The van der Waals surface area contributed by atoms with Crippen LogP contribution in [0.1, 0.15) is 78.9 Å². The Kier molecular flexibility index (Phi) is 11.9. The zero-order chi connectivity index (χ0) is 35.8. The summed E-state index contributed by atoms with van der Waals surface area (Å²) in [5, 5.41) is 16.7. The van der Waals surface area contributed by atoms with Crippen LogP contribution in [0.15, 0.2) is 66.0 Å². The van der Waals surface area contributed by atoms with E-state index in [-0.39, 0.29) is 54.7 Å². The summed E-state index contributed by atoms with van der Waals surface area (Å²) in [5.74, 6) is -0.831. The summed E-state index contributed by atoms with van der Waals surface area (Å²) >= 11 is 1.26. The predicted octanol–water partition coefficient (Wildman–Crippen LogP) is 4.44. The number of hydroxylamine groups is 2. The summed E-state index contributed by atoms with van der Waals surface area (Å²) in [4.78, 5) is 77.1. The number of nitrogens with zero attached hydrogens (tertiary/aromatic N) is 1. The van der Waals surface area contributed by atoms with E-state index in [4.69, 9.17) is 9.57 Å². The SMILES string of the molecule is C/C=C\C1=C(c2ccc(C(=O)NC3CCC(NC(=O)CSCCC(=O)ON4C(=O)CCC4=O)CC3)cc2C)c2ccc(O)cc2O/C1=C/C=O. The van der Waals surface area contributed by atoms with Crippen molar-refractivity contribution >= 4 is 53.2 Å². The number of hydrogen-bond acceptors (Lipinski definition) is 10. The minimum absolute atomic E-state index is 0.0167. The first-order valence-electron chi connectivity index (χ1n) is 16.5. The number of hydrogen-bond donors (Lipinski definition) is 3. The van der Waals surface area contributed by atoms with Crippen LogP contribution >= 0.6 is 11.8 Å². The summed E-state index contributed by atoms with van der Waals surface area (Å²) < 4.78 is 5.98. The molecule has 4 amide bonds. The lowest BCUT2D eigenvalue weighted by Gasteiger charge is -2.30. The largest absolute Gasteiger partial charge is 0.508 e. The van der Waals surface area contributed by atoms with Gasteiger partial charge in [-0.15, -0.1) is 5.06 Å². The van der Waals surface area contributed by atoms with E-state index in [1.54, 1.807) is 18.2 Å². The maximum absolute atomic E-state index is 13.3. The monoisotopic (exact) mass is 701 g/mol. The molecule has 262 valence electrons. The molecule has 1 aliphatic carbocycles. The molecule has 3 N–H and O–H groups in total. The lowest BCUT2D eigenvalue weighted by Crippen LogP contribution is -2.44. The number of amides is 4. The average Bonchev–Trinajstić information content (AvgIpc) is 3.40. The van der Waals surface area contributed by atoms with Crippen LogP contribution < -0.4 is 15.4 Å². The number of carbonyl (C=O) groups is 6. The molecule has 50 heavy (non-hydrogen) atoms. The number of phenolic OH excluding ortho intramolecular Hbond substituents is 1. The number of imide groups is 1. The summed E-state index contributed by atoms with van der Waals surface area (Å²) in [6.45, 7) is 3.79. The third-order valence-electron chi connectivity index (χ3n) is 8.61. The smallest absolute Gasteiger partial charge is 0.334 e. The standard InChI is InChI=1S/C37H39N3O9S/c1-3-4-28-30(15-17-41)48-31-20-26(42)10-12-29(31)36(28)27-11-5-23(19-22(27)2)37(47)39-25-8-6-24(7-9-25)38-32(43)21-50-18-16-35(46)49-40-33(44)13-14-34(40)45/h3-5,10-12,15,17,19-20,24-25,42H,6-9,13-14,16,18,21H2,1-2H3,(H,38,43)(H,39,47)/b4-3-,30-15+. The van der Waals surface area contributed by atoms with Gasteiger partial charge in [-0.05, 0) is 74.9 Å². The molecule has 0 atom stereocenters. The molecule has 0 aromatic heterocycles. The van der Waals surface area contributed by atoms with Gasteiger partial charge < -0.3 is 25.3 Å². The van der Waals surface area contributed by atoms with E-state index in [1.165, 1.54) is 23.9 Å². The number of phenols is 1. The molecule has 0 spiro atoms. The van der Waals surface area contributed by atoms with Crippen LogP contribution in [0.4, 0.5) is 0 Å². The Labute approximate surface area is 293 Å². The van der Waals surface area contributed by atoms with Crippen molar-refractivity contribution in [3.05, 3.63) is 88.2 Å². The average molecular weight is 702 g/mol. The number of aldehydes is 1. The topological polar surface area (TPSA) is 168 Å². The van der Waals surface area contributed by atoms with Crippen LogP contribution in [0.3, 0.4) is 0 Å². The van der Waals surface area contributed by atoms with Crippen LogP contribution in [0.2, 0.25) is 0 Å². The van der Waals surface area contributed by atoms with E-state index in [2.05, 4.69) is 10.6 Å². The molecule has 1 saturated heterocycles. The first-order valence-corrected chi connectivity index (χ1v) is 17.6. The van der Waals surface area contributed by atoms with E-state index in [9.17, 15) is 33.9 Å². The number of nitrogens with one attached hydrogen (secondary N) is 2. The molecule has 12 nitrogen and oxygen atoms in total. The predicted molar refractivity (Wildman–Crippen MR) is 186 cm³/mol. The molecule has 3 aliphatic rings. The normalized spacial score (nSPS) is 19.7. The van der Waals surface area contributed by atoms with Gasteiger partial charge in [0.05, 0.1) is 12.2 Å². The highest BCUT2D eigenvalue weighted by atomic mass is 32.2. The second-order valence-corrected chi connectivity index (χ2v) is 13.3. The minimum Gasteiger partial charge on any atom is -0.508 e. The van der Waals surface area contributed by atoms with Gasteiger partial charge in [0.25, 0.3) is 17.7 Å².